The van der Waals surface area contributed by atoms with Crippen LogP contribution in [0, 0.1) is 0 Å². The van der Waals surface area contributed by atoms with Gasteiger partial charge in [-0.15, -0.1) is 0 Å². The van der Waals surface area contributed by atoms with Gasteiger partial charge < -0.3 is 15.2 Å². The van der Waals surface area contributed by atoms with Crippen LogP contribution in [0.5, 0.6) is 0 Å². The average Bonchev–Trinajstić information content (AvgIpc) is 2.90. The number of aliphatic imine (C=N–C) groups is 1. The summed E-state index contributed by atoms with van der Waals surface area (Å²) >= 11 is 1.22. The standard InChI is InChI=1S/C28H33N3O6S/c1-3-5-6-7-8-17-31-24(32)18-23(25(33)29-21-13-9-19(10-14-21)26(34)35)38-28(31)30-22-15-11-20(12-16-22)27(36)37-4-2/h9-16,23H,3-8,17-18H2,1-2H3,(H,29,33)(H,34,35). The zero-order chi connectivity index (χ0) is 27.5. The Labute approximate surface area is 226 Å². The van der Waals surface area contributed by atoms with Crippen molar-refractivity contribution in [2.45, 2.75) is 57.6 Å². The second kappa shape index (κ2) is 14.3. The number of carboxylic acids is 1. The number of nitrogens with one attached hydrogen (secondary N) is 1. The van der Waals surface area contributed by atoms with Crippen molar-refractivity contribution in [1.29, 1.82) is 0 Å². The van der Waals surface area contributed by atoms with Crippen LogP contribution in [-0.4, -0.2) is 57.3 Å². The molecule has 0 aliphatic carbocycles. The number of rotatable bonds is 12. The fraction of sp³-hybridized carbons (Fsp3) is 0.393. The third-order valence-corrected chi connectivity index (χ3v) is 7.11. The van der Waals surface area contributed by atoms with Crippen molar-refractivity contribution in [3.05, 3.63) is 59.7 Å². The van der Waals surface area contributed by atoms with Crippen LogP contribution in [0.15, 0.2) is 53.5 Å². The molecular weight excluding hydrogens is 506 g/mol. The van der Waals surface area contributed by atoms with Crippen LogP contribution >= 0.6 is 11.8 Å². The molecule has 202 valence electrons. The average molecular weight is 540 g/mol. The van der Waals surface area contributed by atoms with Crippen LogP contribution in [0.2, 0.25) is 0 Å². The predicted molar refractivity (Wildman–Crippen MR) is 148 cm³/mol. The van der Waals surface area contributed by atoms with Crippen molar-refractivity contribution >= 4 is 52.1 Å². The van der Waals surface area contributed by atoms with Crippen molar-refractivity contribution in [2.24, 2.45) is 4.99 Å². The molecular formula is C28H33N3O6S. The maximum absolute atomic E-state index is 13.1. The highest BCUT2D eigenvalue weighted by Crippen LogP contribution is 2.30. The van der Waals surface area contributed by atoms with E-state index in [1.807, 2.05) is 0 Å². The molecule has 0 bridgehead atoms. The summed E-state index contributed by atoms with van der Waals surface area (Å²) < 4.78 is 5.02. The zero-order valence-electron chi connectivity index (χ0n) is 21.6. The van der Waals surface area contributed by atoms with Crippen molar-refractivity contribution in [2.75, 3.05) is 18.5 Å². The highest BCUT2D eigenvalue weighted by atomic mass is 32.2. The molecule has 2 aromatic carbocycles. The number of anilines is 1. The van der Waals surface area contributed by atoms with E-state index in [-0.39, 0.29) is 30.4 Å². The monoisotopic (exact) mass is 539 g/mol. The number of ether oxygens (including phenoxy) is 1. The first-order valence-electron chi connectivity index (χ1n) is 12.8. The number of amidine groups is 1. The number of esters is 1. The van der Waals surface area contributed by atoms with E-state index in [0.29, 0.717) is 28.7 Å². The van der Waals surface area contributed by atoms with Gasteiger partial charge in [-0.2, -0.15) is 0 Å². The van der Waals surface area contributed by atoms with Crippen LogP contribution in [0.3, 0.4) is 0 Å². The summed E-state index contributed by atoms with van der Waals surface area (Å²) in [5.41, 5.74) is 1.51. The Morgan fingerprint density at radius 3 is 2.29 bits per heavy atom. The molecule has 1 heterocycles. The molecule has 1 aliphatic rings. The SMILES string of the molecule is CCCCCCCN1C(=O)CC(C(=O)Nc2ccc(C(=O)O)cc2)SC1=Nc1ccc(C(=O)OCC)cc1. The van der Waals surface area contributed by atoms with Crippen LogP contribution in [-0.2, 0) is 14.3 Å². The van der Waals surface area contributed by atoms with Crippen molar-refractivity contribution < 1.29 is 29.0 Å². The molecule has 1 saturated heterocycles. The number of hydrogen-bond donors (Lipinski definition) is 2. The predicted octanol–water partition coefficient (Wildman–Crippen LogP) is 5.49. The largest absolute Gasteiger partial charge is 0.478 e. The smallest absolute Gasteiger partial charge is 0.338 e. The Bertz CT molecular complexity index is 1160. The van der Waals surface area contributed by atoms with Crippen LogP contribution in [0.4, 0.5) is 11.4 Å². The van der Waals surface area contributed by atoms with Gasteiger partial charge >= 0.3 is 11.9 Å². The molecule has 1 aliphatic heterocycles. The van der Waals surface area contributed by atoms with Crippen molar-refractivity contribution in [3.63, 3.8) is 0 Å². The lowest BCUT2D eigenvalue weighted by molar-refractivity contribution is -0.129. The van der Waals surface area contributed by atoms with E-state index < -0.39 is 17.2 Å². The van der Waals surface area contributed by atoms with Crippen LogP contribution in [0.1, 0.15) is 73.1 Å². The number of unbranched alkanes of at least 4 members (excludes halogenated alkanes) is 4. The lowest BCUT2D eigenvalue weighted by atomic mass is 10.1. The number of carbonyl (C=O) groups is 4. The molecule has 10 heteroatoms. The Kier molecular flexibility index (Phi) is 10.9. The number of nitrogens with zero attached hydrogens (tertiary/aromatic N) is 2. The molecule has 9 nitrogen and oxygen atoms in total. The number of hydrogen-bond acceptors (Lipinski definition) is 7. The van der Waals surface area contributed by atoms with Gasteiger partial charge in [-0.05, 0) is 61.9 Å². The van der Waals surface area contributed by atoms with E-state index in [4.69, 9.17) is 9.84 Å². The van der Waals surface area contributed by atoms with Crippen LogP contribution in [0.25, 0.3) is 0 Å². The minimum absolute atomic E-state index is 0.0273. The van der Waals surface area contributed by atoms with Crippen molar-refractivity contribution in [3.8, 4) is 0 Å². The van der Waals surface area contributed by atoms with Gasteiger partial charge in [0.25, 0.3) is 0 Å². The maximum Gasteiger partial charge on any atom is 0.338 e. The Morgan fingerprint density at radius 1 is 1.00 bits per heavy atom. The molecule has 1 atom stereocenters. The molecule has 0 aromatic heterocycles. The third kappa shape index (κ3) is 8.17. The second-order valence-corrected chi connectivity index (χ2v) is 9.97. The minimum atomic E-state index is -1.05. The molecule has 2 amide bonds. The van der Waals surface area contributed by atoms with E-state index in [1.54, 1.807) is 36.1 Å². The molecule has 1 unspecified atom stereocenters. The molecule has 2 aromatic rings. The van der Waals surface area contributed by atoms with Gasteiger partial charge in [0.05, 0.1) is 23.4 Å². The first-order chi connectivity index (χ1) is 18.3. The van der Waals surface area contributed by atoms with Crippen LogP contribution < -0.4 is 5.32 Å². The van der Waals surface area contributed by atoms with Gasteiger partial charge in [-0.25, -0.2) is 14.6 Å². The Hall–Kier alpha value is -3.66. The fourth-order valence-electron chi connectivity index (χ4n) is 3.85. The first-order valence-corrected chi connectivity index (χ1v) is 13.7. The number of carbonyl (C=O) groups excluding carboxylic acids is 3. The molecule has 2 N–H and O–H groups in total. The van der Waals surface area contributed by atoms with E-state index in [1.165, 1.54) is 36.0 Å². The fourth-order valence-corrected chi connectivity index (χ4v) is 4.98. The molecule has 0 radical (unpaired) electrons. The lowest BCUT2D eigenvalue weighted by Gasteiger charge is -2.32. The number of carboxylic acid groups (broad SMARTS) is 1. The first kappa shape index (κ1) is 28.9. The molecule has 1 fully saturated rings. The zero-order valence-corrected chi connectivity index (χ0v) is 22.5. The lowest BCUT2D eigenvalue weighted by Crippen LogP contribution is -2.45. The quantitative estimate of drug-likeness (QED) is 0.270. The molecule has 0 saturated carbocycles. The summed E-state index contributed by atoms with van der Waals surface area (Å²) in [7, 11) is 0. The topological polar surface area (TPSA) is 125 Å². The van der Waals surface area contributed by atoms with Gasteiger partial charge in [0.1, 0.15) is 5.25 Å². The maximum atomic E-state index is 13.1. The summed E-state index contributed by atoms with van der Waals surface area (Å²) in [4.78, 5) is 55.5. The van der Waals surface area contributed by atoms with E-state index in [0.717, 1.165) is 32.1 Å². The number of benzene rings is 2. The Morgan fingerprint density at radius 2 is 1.66 bits per heavy atom. The highest BCUT2D eigenvalue weighted by Gasteiger charge is 2.35. The second-order valence-electron chi connectivity index (χ2n) is 8.80. The van der Waals surface area contributed by atoms with Gasteiger partial charge in [0.15, 0.2) is 5.17 Å². The molecule has 3 rings (SSSR count). The molecule has 38 heavy (non-hydrogen) atoms. The van der Waals surface area contributed by atoms with Gasteiger partial charge in [-0.1, -0.05) is 44.4 Å². The Balaban J connectivity index is 1.77. The van der Waals surface area contributed by atoms with Gasteiger partial charge in [0, 0.05) is 18.7 Å². The van der Waals surface area contributed by atoms with E-state index >= 15 is 0 Å². The number of thioether (sulfide) groups is 1. The minimum Gasteiger partial charge on any atom is -0.478 e. The number of amides is 2. The summed E-state index contributed by atoms with van der Waals surface area (Å²) in [5, 5.41) is 11.6. The summed E-state index contributed by atoms with van der Waals surface area (Å²) in [6, 6.07) is 12.4. The highest BCUT2D eigenvalue weighted by molar-refractivity contribution is 8.15. The summed E-state index contributed by atoms with van der Waals surface area (Å²) in [6.07, 6.45) is 5.23. The van der Waals surface area contributed by atoms with E-state index in [2.05, 4.69) is 17.2 Å². The number of aromatic carboxylic acids is 1. The summed E-state index contributed by atoms with van der Waals surface area (Å²) in [6.45, 7) is 4.68. The van der Waals surface area contributed by atoms with Crippen molar-refractivity contribution in [1.82, 2.24) is 4.90 Å². The van der Waals surface area contributed by atoms with Gasteiger partial charge in [0.2, 0.25) is 11.8 Å². The molecule has 0 spiro atoms. The third-order valence-electron chi connectivity index (χ3n) is 5.92. The van der Waals surface area contributed by atoms with E-state index in [9.17, 15) is 19.2 Å². The summed E-state index contributed by atoms with van der Waals surface area (Å²) in [5.74, 6) is -2.01. The van der Waals surface area contributed by atoms with Gasteiger partial charge in [-0.3, -0.25) is 14.5 Å². The normalized spacial score (nSPS) is 16.4.